The van der Waals surface area contributed by atoms with Crippen molar-refractivity contribution >= 4 is 44.7 Å². The average Bonchev–Trinajstić information content (AvgIpc) is 2.53. The molecule has 1 aromatic carbocycles. The van der Waals surface area contributed by atoms with Crippen molar-refractivity contribution in [2.75, 3.05) is 11.6 Å². The van der Waals surface area contributed by atoms with E-state index in [9.17, 15) is 8.42 Å². The summed E-state index contributed by atoms with van der Waals surface area (Å²) in [6.07, 6.45) is 1.57. The van der Waals surface area contributed by atoms with Crippen molar-refractivity contribution in [3.8, 4) is 0 Å². The number of anilines is 1. The fourth-order valence-corrected chi connectivity index (χ4v) is 3.76. The van der Waals surface area contributed by atoms with Crippen molar-refractivity contribution in [3.63, 3.8) is 0 Å². The molecule has 0 aliphatic carbocycles. The fourth-order valence-electron chi connectivity index (χ4n) is 2.19. The third-order valence-electron chi connectivity index (χ3n) is 3.15. The Morgan fingerprint density at radius 1 is 1.22 bits per heavy atom. The molecule has 0 atom stereocenters. The number of amidine groups is 1. The monoisotopic (exact) mass is 370 g/mol. The van der Waals surface area contributed by atoms with Crippen LogP contribution >= 0.6 is 23.2 Å². The molecular weight excluding hydrogens is 359 g/mol. The van der Waals surface area contributed by atoms with Crippen LogP contribution in [0.15, 0.2) is 45.8 Å². The number of benzene rings is 1. The summed E-state index contributed by atoms with van der Waals surface area (Å²) in [6, 6.07) is 7.98. The number of fused-ring (bicyclic) bond motifs is 1. The van der Waals surface area contributed by atoms with E-state index in [0.717, 1.165) is 0 Å². The second-order valence-corrected chi connectivity index (χ2v) is 7.07. The van der Waals surface area contributed by atoms with E-state index in [1.54, 1.807) is 29.4 Å². The summed E-state index contributed by atoms with van der Waals surface area (Å²) < 4.78 is 28.9. The second-order valence-electron chi connectivity index (χ2n) is 4.69. The number of sulfonamides is 1. The number of hydrogen-bond donors (Lipinski definition) is 1. The molecule has 6 nitrogen and oxygen atoms in total. The summed E-state index contributed by atoms with van der Waals surface area (Å²) in [5, 5.41) is 1.97. The molecule has 0 saturated heterocycles. The van der Waals surface area contributed by atoms with E-state index in [1.165, 1.54) is 12.1 Å². The van der Waals surface area contributed by atoms with Gasteiger partial charge in [0.1, 0.15) is 10.6 Å². The zero-order chi connectivity index (χ0) is 16.6. The number of hydrogen-bond acceptors (Lipinski definition) is 5. The highest BCUT2D eigenvalue weighted by Crippen LogP contribution is 2.37. The van der Waals surface area contributed by atoms with Crippen LogP contribution in [0.2, 0.25) is 10.0 Å². The largest absolute Gasteiger partial charge is 0.286 e. The number of nitrogens with one attached hydrogen (secondary N) is 1. The van der Waals surface area contributed by atoms with Gasteiger partial charge in [-0.05, 0) is 24.3 Å². The molecule has 3 rings (SSSR count). The lowest BCUT2D eigenvalue weighted by Crippen LogP contribution is -2.46. The van der Waals surface area contributed by atoms with Crippen LogP contribution < -0.4 is 10.4 Å². The standard InChI is InChI=1S/C14H12Cl2N4O2S/c1-2-18-20-12-7-9(15)10(16)8-13(12)23(21,22)19-14(20)11-5-3-4-6-17-11/h3-8,18H,2H2,1H3. The van der Waals surface area contributed by atoms with E-state index in [-0.39, 0.29) is 20.8 Å². The first kappa shape index (κ1) is 16.2. The molecule has 1 N–H and O–H groups in total. The summed E-state index contributed by atoms with van der Waals surface area (Å²) in [5.74, 6) is 0.179. The normalized spacial score (nSPS) is 16.0. The van der Waals surface area contributed by atoms with E-state index in [2.05, 4.69) is 14.8 Å². The maximum absolute atomic E-state index is 12.5. The minimum atomic E-state index is -3.91. The molecule has 1 aromatic heterocycles. The van der Waals surface area contributed by atoms with Gasteiger partial charge >= 0.3 is 0 Å². The number of aromatic nitrogens is 1. The third-order valence-corrected chi connectivity index (χ3v) is 5.17. The van der Waals surface area contributed by atoms with Crippen LogP contribution in [-0.4, -0.2) is 25.8 Å². The van der Waals surface area contributed by atoms with E-state index in [4.69, 9.17) is 23.2 Å². The first-order valence-corrected chi connectivity index (χ1v) is 8.92. The summed E-state index contributed by atoms with van der Waals surface area (Å²) >= 11 is 12.0. The molecule has 0 saturated carbocycles. The lowest BCUT2D eigenvalue weighted by Gasteiger charge is -2.30. The van der Waals surface area contributed by atoms with E-state index >= 15 is 0 Å². The first-order chi connectivity index (χ1) is 10.9. The van der Waals surface area contributed by atoms with Gasteiger partial charge in [0.05, 0.1) is 15.7 Å². The molecule has 0 bridgehead atoms. The highest BCUT2D eigenvalue weighted by molar-refractivity contribution is 7.90. The molecule has 9 heteroatoms. The maximum Gasteiger partial charge on any atom is 0.286 e. The second kappa shape index (κ2) is 6.09. The molecule has 0 fully saturated rings. The lowest BCUT2D eigenvalue weighted by atomic mass is 10.2. The smallest absolute Gasteiger partial charge is 0.256 e. The van der Waals surface area contributed by atoms with Crippen molar-refractivity contribution in [2.24, 2.45) is 4.40 Å². The third kappa shape index (κ3) is 2.92. The maximum atomic E-state index is 12.5. The molecule has 0 amide bonds. The number of pyridine rings is 1. The molecule has 0 radical (unpaired) electrons. The zero-order valence-electron chi connectivity index (χ0n) is 12.0. The quantitative estimate of drug-likeness (QED) is 0.898. The van der Waals surface area contributed by atoms with Gasteiger partial charge in [0, 0.05) is 12.7 Å². The van der Waals surface area contributed by atoms with Crippen LogP contribution in [0.25, 0.3) is 0 Å². The van der Waals surface area contributed by atoms with Crippen LogP contribution in [0, 0.1) is 0 Å². The Labute approximate surface area is 143 Å². The van der Waals surface area contributed by atoms with Gasteiger partial charge in [-0.1, -0.05) is 36.2 Å². The van der Waals surface area contributed by atoms with Crippen LogP contribution in [0.3, 0.4) is 0 Å². The molecular formula is C14H12Cl2N4O2S. The molecule has 1 aliphatic heterocycles. The number of hydrazine groups is 1. The van der Waals surface area contributed by atoms with Gasteiger partial charge in [0.2, 0.25) is 0 Å². The van der Waals surface area contributed by atoms with E-state index < -0.39 is 10.0 Å². The molecule has 0 unspecified atom stereocenters. The van der Waals surface area contributed by atoms with Gasteiger partial charge in [-0.15, -0.1) is 4.40 Å². The Kier molecular flexibility index (Phi) is 4.29. The van der Waals surface area contributed by atoms with Crippen molar-refractivity contribution in [2.45, 2.75) is 11.8 Å². The van der Waals surface area contributed by atoms with Crippen LogP contribution in [0.5, 0.6) is 0 Å². The minimum absolute atomic E-state index is 0.00692. The SMILES string of the molecule is CCNN1C(c2ccccn2)=NS(=O)(=O)c2cc(Cl)c(Cl)cc21. The Balaban J connectivity index is 2.27. The Morgan fingerprint density at radius 2 is 1.96 bits per heavy atom. The number of rotatable bonds is 3. The highest BCUT2D eigenvalue weighted by Gasteiger charge is 2.33. The minimum Gasteiger partial charge on any atom is -0.256 e. The highest BCUT2D eigenvalue weighted by atomic mass is 35.5. The summed E-state index contributed by atoms with van der Waals surface area (Å²) in [6.45, 7) is 2.43. The van der Waals surface area contributed by atoms with Crippen molar-refractivity contribution in [3.05, 3.63) is 52.3 Å². The summed E-state index contributed by atoms with van der Waals surface area (Å²) in [7, 11) is -3.91. The molecule has 1 aliphatic rings. The molecule has 2 aromatic rings. The molecule has 0 spiro atoms. The Bertz CT molecular complexity index is 885. The van der Waals surface area contributed by atoms with E-state index in [0.29, 0.717) is 17.9 Å². The Hall–Kier alpha value is -1.67. The van der Waals surface area contributed by atoms with Crippen molar-refractivity contribution < 1.29 is 8.42 Å². The van der Waals surface area contributed by atoms with Crippen molar-refractivity contribution in [1.82, 2.24) is 10.4 Å². The van der Waals surface area contributed by atoms with Gasteiger partial charge in [0.15, 0.2) is 5.84 Å². The average molecular weight is 371 g/mol. The van der Waals surface area contributed by atoms with Crippen LogP contribution in [-0.2, 0) is 10.0 Å². The molecule has 120 valence electrons. The number of halogens is 2. The summed E-state index contributed by atoms with van der Waals surface area (Å²) in [4.78, 5) is 4.17. The molecule has 2 heterocycles. The van der Waals surface area contributed by atoms with Gasteiger partial charge in [-0.3, -0.25) is 9.99 Å². The van der Waals surface area contributed by atoms with Gasteiger partial charge in [0.25, 0.3) is 10.0 Å². The zero-order valence-corrected chi connectivity index (χ0v) is 14.3. The summed E-state index contributed by atoms with van der Waals surface area (Å²) in [5.41, 5.74) is 3.85. The van der Waals surface area contributed by atoms with Crippen LogP contribution in [0.1, 0.15) is 12.6 Å². The van der Waals surface area contributed by atoms with Crippen LogP contribution in [0.4, 0.5) is 5.69 Å². The topological polar surface area (TPSA) is 74.7 Å². The predicted molar refractivity (Wildman–Crippen MR) is 90.6 cm³/mol. The predicted octanol–water partition coefficient (Wildman–Crippen LogP) is 2.87. The molecule has 23 heavy (non-hydrogen) atoms. The first-order valence-electron chi connectivity index (χ1n) is 6.73. The van der Waals surface area contributed by atoms with E-state index in [1.807, 2.05) is 6.92 Å². The Morgan fingerprint density at radius 3 is 2.61 bits per heavy atom. The number of nitrogens with zero attached hydrogens (tertiary/aromatic N) is 3. The lowest BCUT2D eigenvalue weighted by molar-refractivity contribution is 0.595. The van der Waals surface area contributed by atoms with Gasteiger partial charge in [-0.2, -0.15) is 8.42 Å². The fraction of sp³-hybridized carbons (Fsp3) is 0.143. The van der Waals surface area contributed by atoms with Crippen molar-refractivity contribution in [1.29, 1.82) is 0 Å². The van der Waals surface area contributed by atoms with Gasteiger partial charge < -0.3 is 0 Å². The van der Waals surface area contributed by atoms with Gasteiger partial charge in [-0.25, -0.2) is 5.43 Å².